The fourth-order valence-electron chi connectivity index (χ4n) is 2.17. The second-order valence-corrected chi connectivity index (χ2v) is 8.11. The molecule has 0 aliphatic carbocycles. The molecular weight excluding hydrogens is 409 g/mol. The summed E-state index contributed by atoms with van der Waals surface area (Å²) in [6.45, 7) is 0. The second kappa shape index (κ2) is 6.78. The predicted octanol–water partition coefficient (Wildman–Crippen LogP) is 2.89. The summed E-state index contributed by atoms with van der Waals surface area (Å²) in [6, 6.07) is 8.26. The van der Waals surface area contributed by atoms with Crippen molar-refractivity contribution < 1.29 is 35.7 Å². The Labute approximate surface area is 153 Å². The fraction of sp³-hybridized carbons (Fsp3) is 0.133. The number of ketones is 1. The van der Waals surface area contributed by atoms with Crippen LogP contribution in [0.4, 0.5) is 13.2 Å². The number of alkyl halides is 3. The van der Waals surface area contributed by atoms with Crippen molar-refractivity contribution in [3.63, 3.8) is 0 Å². The van der Waals surface area contributed by atoms with E-state index in [1.807, 2.05) is 0 Å². The Morgan fingerprint density at radius 2 is 1.78 bits per heavy atom. The first-order valence-corrected chi connectivity index (χ1v) is 9.63. The van der Waals surface area contributed by atoms with E-state index in [2.05, 4.69) is 5.16 Å². The molecule has 0 bridgehead atoms. The molecule has 0 unspecified atom stereocenters. The van der Waals surface area contributed by atoms with Gasteiger partial charge in [0.15, 0.2) is 5.58 Å². The number of Topliss-reactive ketones (excluding diaryl/α,β-unsaturated/α-hetero) is 1. The van der Waals surface area contributed by atoms with Crippen molar-refractivity contribution in [2.45, 2.75) is 11.9 Å². The molecule has 1 N–H and O–H groups in total. The van der Waals surface area contributed by atoms with Gasteiger partial charge in [-0.3, -0.25) is 9.59 Å². The number of nitrogens with zero attached hydrogens (tertiary/aromatic N) is 1. The van der Waals surface area contributed by atoms with Crippen LogP contribution >= 0.6 is 11.3 Å². The summed E-state index contributed by atoms with van der Waals surface area (Å²) in [5.74, 6) is -3.92. The highest BCUT2D eigenvalue weighted by Gasteiger charge is 2.40. The minimum absolute atomic E-state index is 0.0741. The molecule has 0 atom stereocenters. The summed E-state index contributed by atoms with van der Waals surface area (Å²) >= 11 is 0.247. The van der Waals surface area contributed by atoms with Gasteiger partial charge in [0, 0.05) is 5.39 Å². The fourth-order valence-corrected chi connectivity index (χ4v) is 4.13. The van der Waals surface area contributed by atoms with Crippen LogP contribution in [0.2, 0.25) is 0 Å². The maximum atomic E-state index is 12.4. The molecule has 12 heteroatoms. The number of hydrogen-bond acceptors (Lipinski definition) is 7. The van der Waals surface area contributed by atoms with E-state index in [1.54, 1.807) is 29.0 Å². The number of aromatic nitrogens is 1. The lowest BCUT2D eigenvalue weighted by molar-refractivity contribution is -0.0882. The number of fused-ring (bicyclic) bond motifs is 1. The Morgan fingerprint density at radius 1 is 1.11 bits per heavy atom. The van der Waals surface area contributed by atoms with Crippen molar-refractivity contribution in [2.75, 3.05) is 0 Å². The van der Waals surface area contributed by atoms with Crippen LogP contribution in [0.15, 0.2) is 40.9 Å². The van der Waals surface area contributed by atoms with E-state index >= 15 is 0 Å². The molecule has 0 aliphatic heterocycles. The molecule has 0 saturated carbocycles. The van der Waals surface area contributed by atoms with Gasteiger partial charge in [0.2, 0.25) is 10.0 Å². The molecule has 0 fully saturated rings. The Hall–Kier alpha value is -2.73. The van der Waals surface area contributed by atoms with E-state index in [1.165, 1.54) is 0 Å². The van der Waals surface area contributed by atoms with Crippen LogP contribution in [-0.2, 0) is 15.8 Å². The summed E-state index contributed by atoms with van der Waals surface area (Å²) in [6.07, 6.45) is -5.08. The van der Waals surface area contributed by atoms with Crippen LogP contribution in [0.5, 0.6) is 0 Å². The van der Waals surface area contributed by atoms with Crippen LogP contribution in [0.1, 0.15) is 25.0 Å². The summed E-state index contributed by atoms with van der Waals surface area (Å²) in [4.78, 5) is 22.1. The van der Waals surface area contributed by atoms with E-state index in [0.717, 1.165) is 12.1 Å². The zero-order valence-corrected chi connectivity index (χ0v) is 14.7. The first-order chi connectivity index (χ1) is 12.6. The minimum atomic E-state index is -5.08. The second-order valence-electron chi connectivity index (χ2n) is 5.31. The van der Waals surface area contributed by atoms with Gasteiger partial charge in [-0.15, -0.1) is 11.3 Å². The quantitative estimate of drug-likeness (QED) is 0.639. The van der Waals surface area contributed by atoms with Gasteiger partial charge in [0.1, 0.15) is 11.4 Å². The number of para-hydroxylation sites is 1. The lowest BCUT2D eigenvalue weighted by atomic mass is 10.2. The maximum Gasteiger partial charge on any atom is 0.455 e. The van der Waals surface area contributed by atoms with Crippen molar-refractivity contribution in [3.8, 4) is 0 Å². The standard InChI is InChI=1S/C15H9F3N2O5S2/c16-15(17,18)13(21)11-5-6-12(26-11)14(22)20-27(23,24)7-9-8-3-1-2-4-10(8)25-19-9/h1-6H,7H2,(H,20,22). The summed E-state index contributed by atoms with van der Waals surface area (Å²) in [7, 11) is -4.21. The van der Waals surface area contributed by atoms with Crippen molar-refractivity contribution in [3.05, 3.63) is 51.8 Å². The molecule has 3 rings (SSSR count). The molecular formula is C15H9F3N2O5S2. The molecule has 7 nitrogen and oxygen atoms in total. The molecule has 3 aromatic rings. The van der Waals surface area contributed by atoms with E-state index in [4.69, 9.17) is 4.52 Å². The van der Waals surface area contributed by atoms with Gasteiger partial charge in [-0.05, 0) is 24.3 Å². The average Bonchev–Trinajstić information content (AvgIpc) is 3.20. The van der Waals surface area contributed by atoms with Crippen molar-refractivity contribution in [1.29, 1.82) is 0 Å². The maximum absolute atomic E-state index is 12.4. The van der Waals surface area contributed by atoms with E-state index in [0.29, 0.717) is 11.0 Å². The lowest BCUT2D eigenvalue weighted by Gasteiger charge is -2.04. The third kappa shape index (κ3) is 4.17. The molecule has 27 heavy (non-hydrogen) atoms. The lowest BCUT2D eigenvalue weighted by Crippen LogP contribution is -2.31. The number of thiophene rings is 1. The molecule has 0 radical (unpaired) electrons. The van der Waals surface area contributed by atoms with E-state index in [9.17, 15) is 31.2 Å². The zero-order chi connectivity index (χ0) is 19.8. The van der Waals surface area contributed by atoms with E-state index in [-0.39, 0.29) is 21.9 Å². The van der Waals surface area contributed by atoms with Gasteiger partial charge in [-0.1, -0.05) is 17.3 Å². The number of carbonyl (C=O) groups is 2. The van der Waals surface area contributed by atoms with Crippen molar-refractivity contribution in [2.24, 2.45) is 0 Å². The zero-order valence-electron chi connectivity index (χ0n) is 13.1. The molecule has 1 aromatic carbocycles. The molecule has 2 heterocycles. The third-order valence-electron chi connectivity index (χ3n) is 3.34. The predicted molar refractivity (Wildman–Crippen MR) is 88.8 cm³/mol. The van der Waals surface area contributed by atoms with Crippen LogP contribution < -0.4 is 4.72 Å². The van der Waals surface area contributed by atoms with E-state index < -0.39 is 38.5 Å². The highest BCUT2D eigenvalue weighted by atomic mass is 32.2. The summed E-state index contributed by atoms with van der Waals surface area (Å²) in [5, 5.41) is 4.09. The minimum Gasteiger partial charge on any atom is -0.356 e. The first kappa shape index (κ1) is 19.0. The number of sulfonamides is 1. The highest BCUT2D eigenvalue weighted by Crippen LogP contribution is 2.26. The smallest absolute Gasteiger partial charge is 0.356 e. The Bertz CT molecular complexity index is 1130. The van der Waals surface area contributed by atoms with Crippen molar-refractivity contribution in [1.82, 2.24) is 9.88 Å². The first-order valence-electron chi connectivity index (χ1n) is 7.16. The van der Waals surface area contributed by atoms with Gasteiger partial charge in [0.05, 0.1) is 9.75 Å². The number of carbonyl (C=O) groups excluding carboxylic acids is 2. The van der Waals surface area contributed by atoms with Gasteiger partial charge in [0.25, 0.3) is 11.7 Å². The number of rotatable bonds is 5. The van der Waals surface area contributed by atoms with Gasteiger partial charge in [-0.25, -0.2) is 13.1 Å². The van der Waals surface area contributed by atoms with Crippen LogP contribution in [-0.4, -0.2) is 31.4 Å². The molecule has 0 aliphatic rings. The molecule has 0 spiro atoms. The topological polar surface area (TPSA) is 106 Å². The molecule has 1 amide bonds. The van der Waals surface area contributed by atoms with Crippen molar-refractivity contribution >= 4 is 44.0 Å². The van der Waals surface area contributed by atoms with Gasteiger partial charge >= 0.3 is 6.18 Å². The van der Waals surface area contributed by atoms with Gasteiger partial charge < -0.3 is 4.52 Å². The number of hydrogen-bond donors (Lipinski definition) is 1. The molecule has 2 aromatic heterocycles. The van der Waals surface area contributed by atoms with Gasteiger partial charge in [-0.2, -0.15) is 13.2 Å². The summed E-state index contributed by atoms with van der Waals surface area (Å²) < 4.78 is 68.3. The number of benzene rings is 1. The molecule has 142 valence electrons. The third-order valence-corrected chi connectivity index (χ3v) is 5.57. The average molecular weight is 418 g/mol. The largest absolute Gasteiger partial charge is 0.455 e. The number of amides is 1. The Morgan fingerprint density at radius 3 is 2.48 bits per heavy atom. The number of nitrogens with one attached hydrogen (secondary N) is 1. The summed E-state index contributed by atoms with van der Waals surface area (Å²) in [5.41, 5.74) is 0.438. The van der Waals surface area contributed by atoms with Crippen LogP contribution in [0.25, 0.3) is 11.0 Å². The monoisotopic (exact) mass is 418 g/mol. The van der Waals surface area contributed by atoms with Crippen LogP contribution in [0.3, 0.4) is 0 Å². The Balaban J connectivity index is 1.75. The Kier molecular flexibility index (Phi) is 4.78. The molecule has 0 saturated heterocycles. The SMILES string of the molecule is O=C(NS(=O)(=O)Cc1noc2ccccc12)c1ccc(C(=O)C(F)(F)F)s1. The van der Waals surface area contributed by atoms with Crippen LogP contribution in [0, 0.1) is 0 Å². The highest BCUT2D eigenvalue weighted by molar-refractivity contribution is 7.89. The number of halogens is 3. The normalized spacial score (nSPS) is 12.3.